The molecule has 0 saturated carbocycles. The van der Waals surface area contributed by atoms with Crippen LogP contribution >= 0.6 is 0 Å². The molecule has 2 amide bonds. The van der Waals surface area contributed by atoms with Crippen molar-refractivity contribution < 1.29 is 19.1 Å². The third kappa shape index (κ3) is 5.30. The number of nitrogens with zero attached hydrogens (tertiary/aromatic N) is 2. The topological polar surface area (TPSA) is 59.1 Å². The van der Waals surface area contributed by atoms with Crippen molar-refractivity contribution in [2.45, 2.75) is 26.7 Å². The second kappa shape index (κ2) is 10.2. The van der Waals surface area contributed by atoms with Gasteiger partial charge in [-0.3, -0.25) is 9.59 Å². The van der Waals surface area contributed by atoms with E-state index < -0.39 is 0 Å². The maximum Gasteiger partial charge on any atom is 0.254 e. The van der Waals surface area contributed by atoms with E-state index in [1.807, 2.05) is 59.2 Å². The minimum atomic E-state index is 0.0423. The molecule has 2 aliphatic rings. The van der Waals surface area contributed by atoms with Crippen molar-refractivity contribution in [3.8, 4) is 5.75 Å². The van der Waals surface area contributed by atoms with Gasteiger partial charge in [0, 0.05) is 37.3 Å². The van der Waals surface area contributed by atoms with Crippen LogP contribution in [0.3, 0.4) is 0 Å². The molecule has 6 nitrogen and oxygen atoms in total. The Labute approximate surface area is 190 Å². The van der Waals surface area contributed by atoms with Gasteiger partial charge in [0.2, 0.25) is 0 Å². The van der Waals surface area contributed by atoms with Crippen molar-refractivity contribution in [2.75, 3.05) is 46.0 Å². The lowest BCUT2D eigenvalue weighted by atomic mass is 9.97. The highest BCUT2D eigenvalue weighted by Gasteiger charge is 2.24. The summed E-state index contributed by atoms with van der Waals surface area (Å²) in [6, 6.07) is 13.3. The summed E-state index contributed by atoms with van der Waals surface area (Å²) in [6.07, 6.45) is 1.87. The Morgan fingerprint density at radius 2 is 1.44 bits per heavy atom. The van der Waals surface area contributed by atoms with Gasteiger partial charge in [0.15, 0.2) is 0 Å². The van der Waals surface area contributed by atoms with Crippen LogP contribution in [0.2, 0.25) is 0 Å². The molecule has 4 rings (SSSR count). The first kappa shape index (κ1) is 22.3. The highest BCUT2D eigenvalue weighted by atomic mass is 16.5. The van der Waals surface area contributed by atoms with Crippen LogP contribution in [0.4, 0.5) is 0 Å². The van der Waals surface area contributed by atoms with Crippen molar-refractivity contribution in [1.82, 2.24) is 9.80 Å². The molecule has 2 aliphatic heterocycles. The fraction of sp³-hybridized carbons (Fsp3) is 0.462. The maximum atomic E-state index is 12.8. The normalized spacial score (nSPS) is 17.3. The van der Waals surface area contributed by atoms with E-state index in [4.69, 9.17) is 9.47 Å². The van der Waals surface area contributed by atoms with Crippen molar-refractivity contribution in [1.29, 1.82) is 0 Å². The number of benzene rings is 2. The third-order valence-electron chi connectivity index (χ3n) is 6.54. The molecular formula is C26H32N2O4. The number of likely N-dealkylation sites (tertiary alicyclic amines) is 1. The minimum absolute atomic E-state index is 0.0423. The molecule has 0 radical (unpaired) electrons. The minimum Gasteiger partial charge on any atom is -0.493 e. The summed E-state index contributed by atoms with van der Waals surface area (Å²) in [6.45, 7) is 8.72. The number of carbonyl (C=O) groups is 2. The van der Waals surface area contributed by atoms with Crippen LogP contribution < -0.4 is 4.74 Å². The average molecular weight is 437 g/mol. The number of rotatable bonds is 5. The summed E-state index contributed by atoms with van der Waals surface area (Å²) >= 11 is 0. The Bertz CT molecular complexity index is 943. The molecule has 0 unspecified atom stereocenters. The molecule has 32 heavy (non-hydrogen) atoms. The number of piperidine rings is 1. The fourth-order valence-electron chi connectivity index (χ4n) is 4.22. The number of hydrogen-bond acceptors (Lipinski definition) is 4. The number of hydrogen-bond donors (Lipinski definition) is 0. The second-order valence-electron chi connectivity index (χ2n) is 8.77. The van der Waals surface area contributed by atoms with E-state index in [2.05, 4.69) is 6.92 Å². The zero-order valence-corrected chi connectivity index (χ0v) is 19.0. The van der Waals surface area contributed by atoms with Crippen LogP contribution in [0.1, 0.15) is 44.7 Å². The molecule has 2 aromatic rings. The number of aryl methyl sites for hydroxylation is 2. The monoisotopic (exact) mass is 436 g/mol. The Balaban J connectivity index is 1.23. The quantitative estimate of drug-likeness (QED) is 0.717. The average Bonchev–Trinajstić information content (AvgIpc) is 2.85. The molecule has 0 aromatic heterocycles. The SMILES string of the molecule is Cc1ccc(C(=O)N2CCC(COc3ccc(C(=O)N4CCOCC4)cc3)CC2)cc1C. The predicted molar refractivity (Wildman–Crippen MR) is 123 cm³/mol. The van der Waals surface area contributed by atoms with E-state index in [9.17, 15) is 9.59 Å². The Hall–Kier alpha value is -2.86. The van der Waals surface area contributed by atoms with Gasteiger partial charge in [-0.1, -0.05) is 6.07 Å². The van der Waals surface area contributed by atoms with Gasteiger partial charge in [-0.15, -0.1) is 0 Å². The zero-order chi connectivity index (χ0) is 22.5. The van der Waals surface area contributed by atoms with Gasteiger partial charge in [0.1, 0.15) is 5.75 Å². The van der Waals surface area contributed by atoms with Gasteiger partial charge in [0.05, 0.1) is 19.8 Å². The van der Waals surface area contributed by atoms with Crippen LogP contribution in [0.5, 0.6) is 5.75 Å². The molecule has 170 valence electrons. The standard InChI is InChI=1S/C26H32N2O4/c1-19-3-4-23(17-20(19)2)26(30)27-11-9-21(10-12-27)18-32-24-7-5-22(6-8-24)25(29)28-13-15-31-16-14-28/h3-8,17,21H,9-16,18H2,1-2H3. The largest absolute Gasteiger partial charge is 0.493 e. The lowest BCUT2D eigenvalue weighted by Crippen LogP contribution is -2.40. The van der Waals surface area contributed by atoms with E-state index in [-0.39, 0.29) is 11.8 Å². The first-order valence-electron chi connectivity index (χ1n) is 11.5. The molecule has 0 atom stereocenters. The van der Waals surface area contributed by atoms with Crippen LogP contribution in [0, 0.1) is 19.8 Å². The van der Waals surface area contributed by atoms with Gasteiger partial charge in [-0.2, -0.15) is 0 Å². The summed E-state index contributed by atoms with van der Waals surface area (Å²) in [4.78, 5) is 29.1. The molecule has 0 aliphatic carbocycles. The molecule has 2 saturated heterocycles. The highest BCUT2D eigenvalue weighted by Crippen LogP contribution is 2.22. The molecule has 2 aromatic carbocycles. The molecule has 0 bridgehead atoms. The van der Waals surface area contributed by atoms with Gasteiger partial charge in [0.25, 0.3) is 11.8 Å². The lowest BCUT2D eigenvalue weighted by Gasteiger charge is -2.32. The van der Waals surface area contributed by atoms with E-state index >= 15 is 0 Å². The van der Waals surface area contributed by atoms with Gasteiger partial charge in [-0.25, -0.2) is 0 Å². The second-order valence-corrected chi connectivity index (χ2v) is 8.77. The maximum absolute atomic E-state index is 12.8. The Kier molecular flexibility index (Phi) is 7.10. The number of carbonyl (C=O) groups excluding carboxylic acids is 2. The van der Waals surface area contributed by atoms with Gasteiger partial charge < -0.3 is 19.3 Å². The van der Waals surface area contributed by atoms with Gasteiger partial charge >= 0.3 is 0 Å². The summed E-state index contributed by atoms with van der Waals surface area (Å²) in [7, 11) is 0. The van der Waals surface area contributed by atoms with E-state index in [0.29, 0.717) is 44.4 Å². The summed E-state index contributed by atoms with van der Waals surface area (Å²) < 4.78 is 11.3. The van der Waals surface area contributed by atoms with E-state index in [1.165, 1.54) is 5.56 Å². The Morgan fingerprint density at radius 1 is 0.844 bits per heavy atom. The number of amides is 2. The first-order valence-corrected chi connectivity index (χ1v) is 11.5. The predicted octanol–water partition coefficient (Wildman–Crippen LogP) is 3.71. The lowest BCUT2D eigenvalue weighted by molar-refractivity contribution is 0.0303. The van der Waals surface area contributed by atoms with Crippen LogP contribution in [-0.4, -0.2) is 67.6 Å². The summed E-state index contributed by atoms with van der Waals surface area (Å²) in [5.41, 5.74) is 3.81. The van der Waals surface area contributed by atoms with Crippen molar-refractivity contribution >= 4 is 11.8 Å². The zero-order valence-electron chi connectivity index (χ0n) is 19.0. The van der Waals surface area contributed by atoms with Gasteiger partial charge in [-0.05, 0) is 80.1 Å². The molecular weight excluding hydrogens is 404 g/mol. The third-order valence-corrected chi connectivity index (χ3v) is 6.54. The molecule has 2 fully saturated rings. The fourth-order valence-corrected chi connectivity index (χ4v) is 4.22. The van der Waals surface area contributed by atoms with Crippen LogP contribution in [0.25, 0.3) is 0 Å². The summed E-state index contributed by atoms with van der Waals surface area (Å²) in [5.74, 6) is 1.36. The Morgan fingerprint density at radius 3 is 2.09 bits per heavy atom. The molecule has 0 N–H and O–H groups in total. The van der Waals surface area contributed by atoms with Crippen LogP contribution in [0.15, 0.2) is 42.5 Å². The number of ether oxygens (including phenoxy) is 2. The van der Waals surface area contributed by atoms with Crippen molar-refractivity contribution in [3.63, 3.8) is 0 Å². The summed E-state index contributed by atoms with van der Waals surface area (Å²) in [5, 5.41) is 0. The van der Waals surface area contributed by atoms with E-state index in [0.717, 1.165) is 42.8 Å². The van der Waals surface area contributed by atoms with Crippen LogP contribution in [-0.2, 0) is 4.74 Å². The molecule has 0 spiro atoms. The first-order chi connectivity index (χ1) is 15.5. The highest BCUT2D eigenvalue weighted by molar-refractivity contribution is 5.95. The van der Waals surface area contributed by atoms with E-state index in [1.54, 1.807) is 0 Å². The number of morpholine rings is 1. The van der Waals surface area contributed by atoms with Crippen molar-refractivity contribution in [3.05, 3.63) is 64.7 Å². The molecule has 6 heteroatoms. The smallest absolute Gasteiger partial charge is 0.254 e. The molecule has 2 heterocycles. The van der Waals surface area contributed by atoms with Crippen molar-refractivity contribution in [2.24, 2.45) is 5.92 Å².